The first-order valence-electron chi connectivity index (χ1n) is 12.8. The number of thioether (sulfide) groups is 1. The Hall–Kier alpha value is -3.85. The van der Waals surface area contributed by atoms with Crippen molar-refractivity contribution in [2.75, 3.05) is 13.1 Å². The van der Waals surface area contributed by atoms with E-state index in [0.29, 0.717) is 43.9 Å². The number of amides is 2. The number of hydrazone groups is 1. The molecule has 2 aliphatic rings. The average Bonchev–Trinajstić information content (AvgIpc) is 3.37. The molecule has 0 spiro atoms. The van der Waals surface area contributed by atoms with Gasteiger partial charge < -0.3 is 15.0 Å². The molecule has 1 saturated heterocycles. The largest absolute Gasteiger partial charge is 0.489 e. The molecule has 9 heteroatoms. The molecule has 3 aromatic rings. The molecule has 0 bridgehead atoms. The number of aryl methyl sites for hydroxylation is 1. The van der Waals surface area contributed by atoms with E-state index in [1.165, 1.54) is 11.8 Å². The van der Waals surface area contributed by atoms with Crippen molar-refractivity contribution >= 4 is 39.5 Å². The van der Waals surface area contributed by atoms with Crippen LogP contribution in [0.2, 0.25) is 0 Å². The lowest BCUT2D eigenvalue weighted by atomic mass is 9.92. The number of carbonyl (C=O) groups is 2. The normalized spacial score (nSPS) is 19.2. The van der Waals surface area contributed by atoms with Gasteiger partial charge in [0.2, 0.25) is 5.91 Å². The predicted molar refractivity (Wildman–Crippen MR) is 151 cm³/mol. The fourth-order valence-corrected chi connectivity index (χ4v) is 5.73. The van der Waals surface area contributed by atoms with Crippen LogP contribution >= 0.6 is 11.8 Å². The number of aromatic nitrogens is 1. The molecule has 38 heavy (non-hydrogen) atoms. The van der Waals surface area contributed by atoms with Gasteiger partial charge in [0, 0.05) is 53.7 Å². The van der Waals surface area contributed by atoms with Crippen molar-refractivity contribution in [3.63, 3.8) is 0 Å². The Morgan fingerprint density at radius 3 is 2.74 bits per heavy atom. The van der Waals surface area contributed by atoms with Gasteiger partial charge in [0.1, 0.15) is 17.4 Å². The molecule has 2 unspecified atom stereocenters. The number of likely N-dealkylation sites (tertiary alicyclic amines) is 1. The number of ether oxygens (including phenoxy) is 1. The maximum Gasteiger partial charge on any atom is 0.251 e. The van der Waals surface area contributed by atoms with Crippen molar-refractivity contribution in [3.05, 3.63) is 83.0 Å². The summed E-state index contributed by atoms with van der Waals surface area (Å²) in [4.78, 5) is 32.0. The third-order valence-corrected chi connectivity index (χ3v) is 7.80. The summed E-state index contributed by atoms with van der Waals surface area (Å²) in [6, 6.07) is 17.1. The zero-order chi connectivity index (χ0) is 26.6. The fourth-order valence-electron chi connectivity index (χ4n) is 4.90. The van der Waals surface area contributed by atoms with Crippen molar-refractivity contribution in [2.45, 2.75) is 39.3 Å². The summed E-state index contributed by atoms with van der Waals surface area (Å²) in [6.45, 7) is 9.30. The number of fused-ring (bicyclic) bond motifs is 1. The number of piperidine rings is 1. The Morgan fingerprint density at radius 1 is 1.21 bits per heavy atom. The molecule has 0 radical (unpaired) electrons. The summed E-state index contributed by atoms with van der Waals surface area (Å²) >= 11 is 1.46. The van der Waals surface area contributed by atoms with Crippen molar-refractivity contribution in [1.82, 2.24) is 20.6 Å². The third-order valence-electron chi connectivity index (χ3n) is 6.86. The van der Waals surface area contributed by atoms with E-state index in [2.05, 4.69) is 27.4 Å². The highest BCUT2D eigenvalue weighted by Gasteiger charge is 2.37. The highest BCUT2D eigenvalue weighted by atomic mass is 32.2. The topological polar surface area (TPSA) is 95.9 Å². The van der Waals surface area contributed by atoms with E-state index < -0.39 is 0 Å². The van der Waals surface area contributed by atoms with Gasteiger partial charge in [-0.05, 0) is 49.7 Å². The number of benzene rings is 2. The van der Waals surface area contributed by atoms with E-state index in [4.69, 9.17) is 4.74 Å². The van der Waals surface area contributed by atoms with Gasteiger partial charge in [-0.3, -0.25) is 20.0 Å². The zero-order valence-electron chi connectivity index (χ0n) is 21.6. The molecule has 2 amide bonds. The second-order valence-electron chi connectivity index (χ2n) is 9.51. The van der Waals surface area contributed by atoms with E-state index in [0.717, 1.165) is 32.2 Å². The van der Waals surface area contributed by atoms with E-state index >= 15 is 0 Å². The van der Waals surface area contributed by atoms with Crippen LogP contribution in [-0.2, 0) is 11.4 Å². The molecule has 2 aromatic carbocycles. The van der Waals surface area contributed by atoms with Crippen LogP contribution in [0.5, 0.6) is 5.75 Å². The average molecular weight is 530 g/mol. The van der Waals surface area contributed by atoms with Gasteiger partial charge in [-0.25, -0.2) is 0 Å². The monoisotopic (exact) mass is 529 g/mol. The van der Waals surface area contributed by atoms with Crippen LogP contribution in [0.25, 0.3) is 10.9 Å². The Morgan fingerprint density at radius 2 is 2.00 bits per heavy atom. The molecule has 1 fully saturated rings. The van der Waals surface area contributed by atoms with Crippen LogP contribution in [0.4, 0.5) is 0 Å². The first-order chi connectivity index (χ1) is 18.4. The second kappa shape index (κ2) is 11.3. The van der Waals surface area contributed by atoms with Gasteiger partial charge in [-0.2, -0.15) is 5.10 Å². The van der Waals surface area contributed by atoms with Crippen molar-refractivity contribution in [1.29, 1.82) is 0 Å². The van der Waals surface area contributed by atoms with Crippen molar-refractivity contribution < 1.29 is 14.3 Å². The molecule has 2 N–H and O–H groups in total. The van der Waals surface area contributed by atoms with E-state index in [-0.39, 0.29) is 23.8 Å². The molecule has 2 atom stereocenters. The van der Waals surface area contributed by atoms with Gasteiger partial charge >= 0.3 is 0 Å². The van der Waals surface area contributed by atoms with Gasteiger partial charge in [-0.1, -0.05) is 43.5 Å². The molecule has 0 saturated carbocycles. The third kappa shape index (κ3) is 5.67. The number of carbonyl (C=O) groups excluding carboxylic acids is 2. The Bertz CT molecular complexity index is 1410. The molecular formula is C29H31N5O3S. The number of nitrogens with zero attached hydrogens (tertiary/aromatic N) is 3. The summed E-state index contributed by atoms with van der Waals surface area (Å²) in [5, 5.41) is 10.2. The van der Waals surface area contributed by atoms with Gasteiger partial charge in [0.15, 0.2) is 0 Å². The highest BCUT2D eigenvalue weighted by Crippen LogP contribution is 2.30. The summed E-state index contributed by atoms with van der Waals surface area (Å²) in [6.07, 6.45) is 1.12. The minimum Gasteiger partial charge on any atom is -0.489 e. The lowest BCUT2D eigenvalue weighted by Gasteiger charge is -2.38. The molecule has 0 aliphatic carbocycles. The van der Waals surface area contributed by atoms with Crippen LogP contribution < -0.4 is 15.5 Å². The molecule has 3 heterocycles. The summed E-state index contributed by atoms with van der Waals surface area (Å²) in [5.41, 5.74) is 6.41. The van der Waals surface area contributed by atoms with E-state index in [9.17, 15) is 9.59 Å². The highest BCUT2D eigenvalue weighted by molar-refractivity contribution is 8.17. The lowest BCUT2D eigenvalue weighted by Crippen LogP contribution is -2.54. The summed E-state index contributed by atoms with van der Waals surface area (Å²) in [7, 11) is 0. The SMILES string of the molecule is C=C1NN=C(C2CN(C(=O)CC)CCC2NC(=O)c2ccc(OCc3cc(C)nc4ccccc34)cc2)S1. The molecule has 8 nitrogen and oxygen atoms in total. The standard InChI is InChI=1S/C29H31N5O3S/c1-4-27(35)34-14-13-26(24(16-34)29-33-32-19(3)38-29)31-28(36)20-9-11-22(12-10-20)37-17-21-15-18(2)30-25-8-6-5-7-23(21)25/h5-12,15,24,26,32H,3-4,13-14,16-17H2,1-2H3,(H,31,36). The van der Waals surface area contributed by atoms with Crippen LogP contribution in [0, 0.1) is 12.8 Å². The summed E-state index contributed by atoms with van der Waals surface area (Å²) < 4.78 is 6.05. The Kier molecular flexibility index (Phi) is 7.64. The van der Waals surface area contributed by atoms with E-state index in [1.54, 1.807) is 12.1 Å². The lowest BCUT2D eigenvalue weighted by molar-refractivity contribution is -0.132. The van der Waals surface area contributed by atoms with Crippen LogP contribution in [0.3, 0.4) is 0 Å². The zero-order valence-corrected chi connectivity index (χ0v) is 22.4. The Labute approximate surface area is 226 Å². The van der Waals surface area contributed by atoms with Gasteiger partial charge in [-0.15, -0.1) is 0 Å². The number of para-hydroxylation sites is 1. The number of pyridine rings is 1. The van der Waals surface area contributed by atoms with Crippen LogP contribution in [-0.4, -0.2) is 45.9 Å². The van der Waals surface area contributed by atoms with Crippen molar-refractivity contribution in [2.24, 2.45) is 11.0 Å². The van der Waals surface area contributed by atoms with Crippen LogP contribution in [0.15, 0.2) is 71.3 Å². The van der Waals surface area contributed by atoms with Gasteiger partial charge in [0.05, 0.1) is 10.5 Å². The first-order valence-corrected chi connectivity index (χ1v) is 13.6. The number of nitrogens with one attached hydrogen (secondary N) is 2. The molecule has 196 valence electrons. The maximum absolute atomic E-state index is 13.2. The summed E-state index contributed by atoms with van der Waals surface area (Å²) in [5.74, 6) is 0.542. The molecule has 5 rings (SSSR count). The number of hydrogen-bond donors (Lipinski definition) is 2. The minimum atomic E-state index is -0.159. The maximum atomic E-state index is 13.2. The quantitative estimate of drug-likeness (QED) is 0.465. The Balaban J connectivity index is 1.24. The van der Waals surface area contributed by atoms with Gasteiger partial charge in [0.25, 0.3) is 5.91 Å². The smallest absolute Gasteiger partial charge is 0.251 e. The predicted octanol–water partition coefficient (Wildman–Crippen LogP) is 4.60. The number of rotatable bonds is 7. The molecule has 1 aromatic heterocycles. The van der Waals surface area contributed by atoms with Crippen molar-refractivity contribution in [3.8, 4) is 5.75 Å². The van der Waals surface area contributed by atoms with Crippen LogP contribution in [0.1, 0.15) is 41.4 Å². The minimum absolute atomic E-state index is 0.0961. The molecular weight excluding hydrogens is 498 g/mol. The fraction of sp³-hybridized carbons (Fsp3) is 0.310. The first kappa shape index (κ1) is 25.8. The molecule has 2 aliphatic heterocycles. The second-order valence-corrected chi connectivity index (χ2v) is 10.6. The number of hydrogen-bond acceptors (Lipinski definition) is 7. The van der Waals surface area contributed by atoms with E-state index in [1.807, 2.05) is 61.2 Å².